The first-order valence-electron chi connectivity index (χ1n) is 8.17. The molecule has 8 nitrogen and oxygen atoms in total. The Kier molecular flexibility index (Phi) is 5.95. The van der Waals surface area contributed by atoms with Crippen molar-refractivity contribution >= 4 is 46.2 Å². The molecular formula is C19H16N2O6S2. The van der Waals surface area contributed by atoms with Crippen molar-refractivity contribution in [1.29, 1.82) is 0 Å². The minimum atomic E-state index is -0.591. The lowest BCUT2D eigenvalue weighted by molar-refractivity contribution is -0.123. The van der Waals surface area contributed by atoms with E-state index < -0.39 is 11.8 Å². The summed E-state index contributed by atoms with van der Waals surface area (Å²) in [5, 5.41) is 20.3. The molecule has 2 amide bonds. The number of nitrogens with zero attached hydrogens (tertiary/aromatic N) is 1. The van der Waals surface area contributed by atoms with E-state index in [-0.39, 0.29) is 32.9 Å². The van der Waals surface area contributed by atoms with E-state index in [9.17, 15) is 19.8 Å². The van der Waals surface area contributed by atoms with Gasteiger partial charge in [-0.3, -0.25) is 15.0 Å². The average molecular weight is 432 g/mol. The van der Waals surface area contributed by atoms with E-state index in [0.717, 1.165) is 16.8 Å². The van der Waals surface area contributed by atoms with Gasteiger partial charge in [0, 0.05) is 5.56 Å². The van der Waals surface area contributed by atoms with Gasteiger partial charge in [0.15, 0.2) is 27.3 Å². The lowest BCUT2D eigenvalue weighted by atomic mass is 10.2. The van der Waals surface area contributed by atoms with Crippen LogP contribution in [0.2, 0.25) is 0 Å². The third-order valence-corrected chi connectivity index (χ3v) is 5.25. The highest BCUT2D eigenvalue weighted by Crippen LogP contribution is 2.34. The van der Waals surface area contributed by atoms with Gasteiger partial charge < -0.3 is 19.7 Å². The first kappa shape index (κ1) is 20.5. The third-order valence-electron chi connectivity index (χ3n) is 3.95. The molecule has 0 radical (unpaired) electrons. The highest BCUT2D eigenvalue weighted by molar-refractivity contribution is 8.26. The Morgan fingerprint density at radius 2 is 1.72 bits per heavy atom. The van der Waals surface area contributed by atoms with Crippen LogP contribution >= 0.6 is 24.0 Å². The normalized spacial score (nSPS) is 15.0. The summed E-state index contributed by atoms with van der Waals surface area (Å²) < 4.78 is 10.2. The first-order chi connectivity index (χ1) is 13.8. The van der Waals surface area contributed by atoms with Gasteiger partial charge in [0.25, 0.3) is 11.8 Å². The zero-order chi connectivity index (χ0) is 21.1. The van der Waals surface area contributed by atoms with Gasteiger partial charge >= 0.3 is 0 Å². The molecule has 10 heteroatoms. The molecule has 150 valence electrons. The monoisotopic (exact) mass is 432 g/mol. The van der Waals surface area contributed by atoms with Gasteiger partial charge in [-0.2, -0.15) is 5.01 Å². The first-order valence-corrected chi connectivity index (χ1v) is 9.39. The fourth-order valence-electron chi connectivity index (χ4n) is 2.48. The summed E-state index contributed by atoms with van der Waals surface area (Å²) in [7, 11) is 2.79. The molecule has 1 aliphatic heterocycles. The number of hydrogen-bond acceptors (Lipinski definition) is 8. The topological polar surface area (TPSA) is 108 Å². The molecule has 1 fully saturated rings. The fourth-order valence-corrected chi connectivity index (χ4v) is 3.66. The number of carbonyl (C=O) groups is 2. The van der Waals surface area contributed by atoms with Crippen LogP contribution in [0.4, 0.5) is 0 Å². The molecule has 3 rings (SSSR count). The van der Waals surface area contributed by atoms with Crippen LogP contribution in [0.25, 0.3) is 6.08 Å². The zero-order valence-corrected chi connectivity index (χ0v) is 17.0. The van der Waals surface area contributed by atoms with E-state index >= 15 is 0 Å². The van der Waals surface area contributed by atoms with E-state index in [1.165, 1.54) is 38.5 Å². The number of methoxy groups -OCH3 is 2. The lowest BCUT2D eigenvalue weighted by Crippen LogP contribution is -2.44. The summed E-state index contributed by atoms with van der Waals surface area (Å²) in [5.41, 5.74) is 3.25. The summed E-state index contributed by atoms with van der Waals surface area (Å²) in [6, 6.07) is 8.70. The molecule has 1 heterocycles. The van der Waals surface area contributed by atoms with Crippen molar-refractivity contribution in [3.63, 3.8) is 0 Å². The number of thioether (sulfide) groups is 1. The summed E-state index contributed by atoms with van der Waals surface area (Å²) in [5.74, 6) is -0.818. The molecule has 0 aromatic heterocycles. The smallest absolute Gasteiger partial charge is 0.285 e. The Bertz CT molecular complexity index is 1040. The summed E-state index contributed by atoms with van der Waals surface area (Å²) >= 11 is 6.23. The number of hydrogen-bond donors (Lipinski definition) is 3. The number of rotatable bonds is 5. The largest absolute Gasteiger partial charge is 0.504 e. The van der Waals surface area contributed by atoms with Crippen molar-refractivity contribution < 1.29 is 29.3 Å². The van der Waals surface area contributed by atoms with Gasteiger partial charge in [0.1, 0.15) is 0 Å². The Morgan fingerprint density at radius 1 is 1.10 bits per heavy atom. The van der Waals surface area contributed by atoms with Crippen molar-refractivity contribution in [1.82, 2.24) is 10.4 Å². The quantitative estimate of drug-likeness (QED) is 0.489. The number of aromatic hydroxyl groups is 2. The molecule has 0 bridgehead atoms. The van der Waals surface area contributed by atoms with E-state index in [1.54, 1.807) is 18.2 Å². The lowest BCUT2D eigenvalue weighted by Gasteiger charge is -2.16. The van der Waals surface area contributed by atoms with Crippen molar-refractivity contribution in [2.75, 3.05) is 14.2 Å². The minimum Gasteiger partial charge on any atom is -0.504 e. The second kappa shape index (κ2) is 8.41. The highest BCUT2D eigenvalue weighted by Gasteiger charge is 2.34. The number of amides is 2. The number of carbonyl (C=O) groups excluding carboxylic acids is 2. The number of nitrogens with one attached hydrogen (secondary N) is 1. The van der Waals surface area contributed by atoms with E-state index in [0.29, 0.717) is 10.5 Å². The van der Waals surface area contributed by atoms with Gasteiger partial charge in [0.2, 0.25) is 0 Å². The Hall–Kier alpha value is -3.24. The maximum atomic E-state index is 12.7. The van der Waals surface area contributed by atoms with Crippen LogP contribution in [0.15, 0.2) is 41.3 Å². The highest BCUT2D eigenvalue weighted by atomic mass is 32.2. The van der Waals surface area contributed by atoms with Crippen LogP contribution in [-0.4, -0.2) is 45.6 Å². The Labute approximate surface area is 175 Å². The van der Waals surface area contributed by atoms with Gasteiger partial charge in [-0.1, -0.05) is 17.8 Å². The minimum absolute atomic E-state index is 0.0196. The van der Waals surface area contributed by atoms with Crippen LogP contribution in [0.5, 0.6) is 23.0 Å². The molecule has 0 aliphatic carbocycles. The Morgan fingerprint density at radius 3 is 2.38 bits per heavy atom. The maximum Gasteiger partial charge on any atom is 0.285 e. The average Bonchev–Trinajstić information content (AvgIpc) is 2.97. The van der Waals surface area contributed by atoms with Crippen LogP contribution < -0.4 is 14.9 Å². The van der Waals surface area contributed by atoms with Crippen LogP contribution in [-0.2, 0) is 4.79 Å². The summed E-state index contributed by atoms with van der Waals surface area (Å²) in [6.07, 6.45) is 1.58. The van der Waals surface area contributed by atoms with Gasteiger partial charge in [-0.15, -0.1) is 0 Å². The molecule has 0 unspecified atom stereocenters. The third kappa shape index (κ3) is 4.28. The second-order valence-electron chi connectivity index (χ2n) is 5.78. The second-order valence-corrected chi connectivity index (χ2v) is 7.45. The number of benzene rings is 2. The van der Waals surface area contributed by atoms with Crippen molar-refractivity contribution in [3.05, 3.63) is 52.4 Å². The van der Waals surface area contributed by atoms with Gasteiger partial charge in [-0.25, -0.2) is 0 Å². The van der Waals surface area contributed by atoms with E-state index in [4.69, 9.17) is 21.7 Å². The number of phenolic OH excluding ortho intramolecular Hbond substituents is 2. The van der Waals surface area contributed by atoms with Gasteiger partial charge in [0.05, 0.1) is 19.1 Å². The molecule has 0 atom stereocenters. The van der Waals surface area contributed by atoms with Crippen molar-refractivity contribution in [2.45, 2.75) is 0 Å². The molecule has 2 aromatic rings. The summed E-state index contributed by atoms with van der Waals surface area (Å²) in [6.45, 7) is 0. The fraction of sp³-hybridized carbons (Fsp3) is 0.105. The maximum absolute atomic E-state index is 12.7. The van der Waals surface area contributed by atoms with Gasteiger partial charge in [-0.05, 0) is 54.2 Å². The standard InChI is InChI=1S/C19H16N2O6S2/c1-26-14-7-10(3-5-12(14)22)8-16-18(25)21(19(28)29-16)20-17(24)11-4-6-13(23)15(9-11)27-2/h3-9,22-23H,1-2H3,(H,20,24)/b16-8+. The molecular weight excluding hydrogens is 416 g/mol. The zero-order valence-electron chi connectivity index (χ0n) is 15.3. The molecule has 1 aliphatic rings. The molecule has 1 saturated heterocycles. The van der Waals surface area contributed by atoms with Crippen molar-refractivity contribution in [2.24, 2.45) is 0 Å². The predicted octanol–water partition coefficient (Wildman–Crippen LogP) is 2.66. The van der Waals surface area contributed by atoms with Crippen LogP contribution in [0, 0.1) is 0 Å². The number of hydrazine groups is 1. The molecule has 2 aromatic carbocycles. The molecule has 0 spiro atoms. The molecule has 0 saturated carbocycles. The number of thiocarbonyl (C=S) groups is 1. The number of ether oxygens (including phenoxy) is 2. The van der Waals surface area contributed by atoms with Crippen LogP contribution in [0.3, 0.4) is 0 Å². The van der Waals surface area contributed by atoms with E-state index in [2.05, 4.69) is 5.43 Å². The Balaban J connectivity index is 1.79. The number of phenols is 2. The van der Waals surface area contributed by atoms with E-state index in [1.807, 2.05) is 0 Å². The van der Waals surface area contributed by atoms with Crippen LogP contribution in [0.1, 0.15) is 15.9 Å². The molecule has 29 heavy (non-hydrogen) atoms. The SMILES string of the molecule is COc1cc(/C=C2/SC(=S)N(NC(=O)c3ccc(O)c(OC)c3)C2=O)ccc1O. The predicted molar refractivity (Wildman–Crippen MR) is 112 cm³/mol. The summed E-state index contributed by atoms with van der Waals surface area (Å²) in [4.78, 5) is 25.5. The molecule has 3 N–H and O–H groups in total. The van der Waals surface area contributed by atoms with Crippen molar-refractivity contribution in [3.8, 4) is 23.0 Å².